The topological polar surface area (TPSA) is 70.6 Å². The van der Waals surface area contributed by atoms with E-state index in [-0.39, 0.29) is 17.7 Å². The first-order chi connectivity index (χ1) is 12.3. The minimum Gasteiger partial charge on any atom is -0.326 e. The maximum absolute atomic E-state index is 12.3. The number of hydrogen-bond acceptors (Lipinski definition) is 3. The highest BCUT2D eigenvalue weighted by Crippen LogP contribution is 2.26. The van der Waals surface area contributed by atoms with Crippen LogP contribution in [-0.4, -0.2) is 17.5 Å². The maximum atomic E-state index is 12.3. The van der Waals surface area contributed by atoms with Gasteiger partial charge < -0.3 is 5.32 Å². The molecule has 0 aliphatic heterocycles. The van der Waals surface area contributed by atoms with Crippen LogP contribution in [-0.2, 0) is 4.79 Å². The highest BCUT2D eigenvalue weighted by Gasteiger charge is 2.19. The van der Waals surface area contributed by atoms with Gasteiger partial charge in [0, 0.05) is 17.2 Å². The van der Waals surface area contributed by atoms with Crippen LogP contribution in [0.15, 0.2) is 53.2 Å². The summed E-state index contributed by atoms with van der Waals surface area (Å²) in [4.78, 5) is 24.0. The van der Waals surface area contributed by atoms with Crippen molar-refractivity contribution in [3.63, 3.8) is 0 Å². The van der Waals surface area contributed by atoms with Crippen LogP contribution in [0.2, 0.25) is 0 Å². The largest absolute Gasteiger partial charge is 0.326 e. The first kappa shape index (κ1) is 19.6. The van der Waals surface area contributed by atoms with Gasteiger partial charge in [0.15, 0.2) is 0 Å². The molecule has 0 spiro atoms. The van der Waals surface area contributed by atoms with Crippen molar-refractivity contribution in [2.45, 2.75) is 40.5 Å². The summed E-state index contributed by atoms with van der Waals surface area (Å²) in [6, 6.07) is 6.77. The Morgan fingerprint density at radius 3 is 2.46 bits per heavy atom. The predicted molar refractivity (Wildman–Crippen MR) is 106 cm³/mol. The zero-order valence-corrected chi connectivity index (χ0v) is 15.9. The van der Waals surface area contributed by atoms with Gasteiger partial charge in [-0.15, -0.1) is 0 Å². The van der Waals surface area contributed by atoms with Crippen LogP contribution in [0.25, 0.3) is 0 Å². The summed E-state index contributed by atoms with van der Waals surface area (Å²) >= 11 is 0. The second-order valence-corrected chi connectivity index (χ2v) is 7.09. The Balaban J connectivity index is 2.01. The summed E-state index contributed by atoms with van der Waals surface area (Å²) in [5.74, 6) is -0.0495. The van der Waals surface area contributed by atoms with E-state index in [4.69, 9.17) is 0 Å². The van der Waals surface area contributed by atoms with Crippen molar-refractivity contribution in [1.82, 2.24) is 5.43 Å². The quantitative estimate of drug-likeness (QED) is 0.612. The molecule has 0 saturated heterocycles. The van der Waals surface area contributed by atoms with Gasteiger partial charge in [-0.3, -0.25) is 9.59 Å². The second-order valence-electron chi connectivity index (χ2n) is 7.09. The van der Waals surface area contributed by atoms with Crippen molar-refractivity contribution < 1.29 is 9.59 Å². The molecular weight excluding hydrogens is 326 g/mol. The monoisotopic (exact) mass is 353 g/mol. The lowest BCUT2D eigenvalue weighted by Gasteiger charge is -2.22. The van der Waals surface area contributed by atoms with Crippen molar-refractivity contribution >= 4 is 23.2 Å². The number of hydrazone groups is 1. The summed E-state index contributed by atoms with van der Waals surface area (Å²) < 4.78 is 0. The van der Waals surface area contributed by atoms with E-state index in [0.29, 0.717) is 17.2 Å². The first-order valence-corrected chi connectivity index (χ1v) is 8.88. The number of allylic oxidation sites excluding steroid dienone is 3. The zero-order valence-electron chi connectivity index (χ0n) is 15.9. The van der Waals surface area contributed by atoms with Crippen LogP contribution in [0.5, 0.6) is 0 Å². The van der Waals surface area contributed by atoms with Gasteiger partial charge in [-0.05, 0) is 62.4 Å². The van der Waals surface area contributed by atoms with E-state index in [1.54, 1.807) is 24.3 Å². The Morgan fingerprint density at radius 1 is 1.23 bits per heavy atom. The lowest BCUT2D eigenvalue weighted by atomic mass is 9.85. The average molecular weight is 353 g/mol. The van der Waals surface area contributed by atoms with Gasteiger partial charge in [-0.2, -0.15) is 5.10 Å². The third-order valence-electron chi connectivity index (χ3n) is 4.53. The molecule has 1 aliphatic carbocycles. The Bertz CT molecular complexity index is 758. The molecule has 1 aromatic carbocycles. The summed E-state index contributed by atoms with van der Waals surface area (Å²) in [5, 5.41) is 7.10. The summed E-state index contributed by atoms with van der Waals surface area (Å²) in [6.07, 6.45) is 3.90. The fourth-order valence-corrected chi connectivity index (χ4v) is 2.60. The number of nitrogens with one attached hydrogen (secondary N) is 2. The molecule has 2 rings (SSSR count). The van der Waals surface area contributed by atoms with E-state index in [2.05, 4.69) is 28.5 Å². The number of benzene rings is 1. The van der Waals surface area contributed by atoms with E-state index >= 15 is 0 Å². The van der Waals surface area contributed by atoms with Crippen molar-refractivity contribution in [3.05, 3.63) is 53.6 Å². The molecule has 0 heterocycles. The summed E-state index contributed by atoms with van der Waals surface area (Å²) in [5.41, 5.74) is 6.90. The smallest absolute Gasteiger partial charge is 0.271 e. The van der Waals surface area contributed by atoms with Crippen molar-refractivity contribution in [2.75, 3.05) is 5.32 Å². The average Bonchev–Trinajstić information content (AvgIpc) is 2.61. The molecule has 1 unspecified atom stereocenters. The number of nitrogens with zero attached hydrogens (tertiary/aromatic N) is 1. The highest BCUT2D eigenvalue weighted by atomic mass is 16.2. The number of anilines is 1. The lowest BCUT2D eigenvalue weighted by Crippen LogP contribution is -2.23. The van der Waals surface area contributed by atoms with Gasteiger partial charge in [0.1, 0.15) is 0 Å². The van der Waals surface area contributed by atoms with E-state index in [9.17, 15) is 9.59 Å². The lowest BCUT2D eigenvalue weighted by molar-refractivity contribution is -0.118. The third-order valence-corrected chi connectivity index (χ3v) is 4.53. The van der Waals surface area contributed by atoms with Gasteiger partial charge in [0.05, 0.1) is 5.71 Å². The molecule has 1 aromatic rings. The van der Waals surface area contributed by atoms with E-state index in [0.717, 1.165) is 29.7 Å². The van der Waals surface area contributed by atoms with E-state index in [1.165, 1.54) is 0 Å². The number of hydrogen-bond donors (Lipinski definition) is 2. The van der Waals surface area contributed by atoms with Gasteiger partial charge >= 0.3 is 0 Å². The van der Waals surface area contributed by atoms with E-state index < -0.39 is 0 Å². The molecule has 0 fully saturated rings. The molecule has 2 amide bonds. The molecule has 1 aliphatic rings. The molecule has 26 heavy (non-hydrogen) atoms. The molecule has 138 valence electrons. The fourth-order valence-electron chi connectivity index (χ4n) is 2.60. The first-order valence-electron chi connectivity index (χ1n) is 8.88. The third kappa shape index (κ3) is 5.15. The maximum Gasteiger partial charge on any atom is 0.271 e. The summed E-state index contributed by atoms with van der Waals surface area (Å²) in [6.45, 7) is 11.7. The number of carbonyl (C=O) groups is 2. The number of amides is 2. The van der Waals surface area contributed by atoms with Crippen molar-refractivity contribution in [3.8, 4) is 0 Å². The van der Waals surface area contributed by atoms with Gasteiger partial charge in [-0.25, -0.2) is 5.43 Å². The Hall–Kier alpha value is -2.69. The Morgan fingerprint density at radius 2 is 1.88 bits per heavy atom. The van der Waals surface area contributed by atoms with Crippen LogP contribution >= 0.6 is 0 Å². The van der Waals surface area contributed by atoms with E-state index in [1.807, 2.05) is 27.7 Å². The molecule has 0 saturated carbocycles. The Labute approximate surface area is 155 Å². The Kier molecular flexibility index (Phi) is 6.50. The molecule has 0 radical (unpaired) electrons. The molecule has 0 bridgehead atoms. The molecule has 0 aromatic heterocycles. The van der Waals surface area contributed by atoms with Crippen molar-refractivity contribution in [2.24, 2.45) is 16.9 Å². The standard InChI is InChI=1S/C21H27N3O2/c1-13(2)17-7-6-15(5)19(12-17)23-24-21(26)16-8-10-18(11-9-16)22-20(25)14(3)4/h6,8-11,14,17H,1,7,12H2,2-5H3,(H,22,25)(H,24,26). The van der Waals surface area contributed by atoms with Crippen molar-refractivity contribution in [1.29, 1.82) is 0 Å². The molecule has 5 heteroatoms. The molecule has 1 atom stereocenters. The SMILES string of the molecule is C=C(C)C1CC=C(C)C(=NNC(=O)c2ccc(NC(=O)C(C)C)cc2)C1. The minimum atomic E-state index is -0.274. The highest BCUT2D eigenvalue weighted by molar-refractivity contribution is 6.02. The zero-order chi connectivity index (χ0) is 19.3. The van der Waals surface area contributed by atoms with Crippen LogP contribution in [0.4, 0.5) is 5.69 Å². The number of rotatable bonds is 5. The second kappa shape index (κ2) is 8.61. The summed E-state index contributed by atoms with van der Waals surface area (Å²) in [7, 11) is 0. The minimum absolute atomic E-state index is 0.0553. The number of carbonyl (C=O) groups excluding carboxylic acids is 2. The van der Waals surface area contributed by atoms with Gasteiger partial charge in [0.2, 0.25) is 5.91 Å². The van der Waals surface area contributed by atoms with Crippen LogP contribution in [0.3, 0.4) is 0 Å². The van der Waals surface area contributed by atoms with Gasteiger partial charge in [-0.1, -0.05) is 32.1 Å². The fraction of sp³-hybridized carbons (Fsp3) is 0.381. The molecular formula is C21H27N3O2. The van der Waals surface area contributed by atoms with Crippen LogP contribution < -0.4 is 10.7 Å². The molecule has 5 nitrogen and oxygen atoms in total. The molecule has 2 N–H and O–H groups in total. The predicted octanol–water partition coefficient (Wildman–Crippen LogP) is 4.30. The van der Waals surface area contributed by atoms with Gasteiger partial charge in [0.25, 0.3) is 5.91 Å². The van der Waals surface area contributed by atoms with Crippen LogP contribution in [0.1, 0.15) is 50.9 Å². The normalized spacial score (nSPS) is 18.4. The van der Waals surface area contributed by atoms with Crippen LogP contribution in [0, 0.1) is 11.8 Å².